The number of ether oxygens (including phenoxy) is 1. The molecule has 0 bridgehead atoms. The molecule has 0 unspecified atom stereocenters. The van der Waals surface area contributed by atoms with E-state index in [4.69, 9.17) is 17.0 Å². The lowest BCUT2D eigenvalue weighted by Crippen LogP contribution is -1.96. The van der Waals surface area contributed by atoms with E-state index in [1.54, 1.807) is 18.6 Å². The summed E-state index contributed by atoms with van der Waals surface area (Å²) in [6.45, 7) is 2.76. The maximum absolute atomic E-state index is 5.53. The van der Waals surface area contributed by atoms with Crippen molar-refractivity contribution < 1.29 is 4.74 Å². The summed E-state index contributed by atoms with van der Waals surface area (Å²) in [5, 5.41) is 0. The highest BCUT2D eigenvalue weighted by molar-refractivity contribution is 7.71. The first-order valence-electron chi connectivity index (χ1n) is 5.43. The Balaban J connectivity index is 2.29. The second kappa shape index (κ2) is 5.54. The molecule has 0 aromatic carbocycles. The van der Waals surface area contributed by atoms with Crippen molar-refractivity contribution in [3.8, 4) is 17.0 Å². The summed E-state index contributed by atoms with van der Waals surface area (Å²) >= 11 is 4.98. The fraction of sp³-hybridized carbons (Fsp3) is 0.250. The summed E-state index contributed by atoms with van der Waals surface area (Å²) in [5.41, 5.74) is 1.83. The number of hydrogen-bond donors (Lipinski definition) is 1. The van der Waals surface area contributed by atoms with Crippen LogP contribution in [0, 0.1) is 4.77 Å². The lowest BCUT2D eigenvalue weighted by molar-refractivity contribution is 0.316. The Morgan fingerprint density at radius 3 is 3.06 bits per heavy atom. The smallest absolute Gasteiger partial charge is 0.197 e. The van der Waals surface area contributed by atoms with Crippen LogP contribution in [0.4, 0.5) is 0 Å². The Morgan fingerprint density at radius 1 is 1.41 bits per heavy atom. The molecule has 0 aliphatic carbocycles. The van der Waals surface area contributed by atoms with Crippen LogP contribution in [-0.4, -0.2) is 21.6 Å². The topological polar surface area (TPSA) is 50.8 Å². The van der Waals surface area contributed by atoms with Crippen LogP contribution in [0.25, 0.3) is 11.3 Å². The molecule has 5 heteroatoms. The molecule has 0 radical (unpaired) electrons. The SMILES string of the molecule is CCCOc1cncc(-c2ccnc(=S)[nH]2)c1. The molecular weight excluding hydrogens is 234 g/mol. The van der Waals surface area contributed by atoms with Gasteiger partial charge < -0.3 is 9.72 Å². The second-order valence-corrected chi connectivity index (χ2v) is 3.93. The van der Waals surface area contributed by atoms with Gasteiger partial charge in [0.15, 0.2) is 4.77 Å². The maximum Gasteiger partial charge on any atom is 0.197 e. The fourth-order valence-electron chi connectivity index (χ4n) is 1.40. The number of hydrogen-bond acceptors (Lipinski definition) is 4. The number of aromatic amines is 1. The average molecular weight is 247 g/mol. The number of H-pyrrole nitrogens is 1. The van der Waals surface area contributed by atoms with Gasteiger partial charge in [-0.3, -0.25) is 4.98 Å². The minimum atomic E-state index is 0.461. The van der Waals surface area contributed by atoms with E-state index in [1.165, 1.54) is 0 Å². The molecule has 88 valence electrons. The second-order valence-electron chi connectivity index (χ2n) is 3.55. The van der Waals surface area contributed by atoms with Gasteiger partial charge in [0.1, 0.15) is 5.75 Å². The van der Waals surface area contributed by atoms with Crippen molar-refractivity contribution in [2.24, 2.45) is 0 Å². The van der Waals surface area contributed by atoms with Crippen LogP contribution in [0.15, 0.2) is 30.7 Å². The third-order valence-corrected chi connectivity index (χ3v) is 2.38. The number of nitrogens with zero attached hydrogens (tertiary/aromatic N) is 2. The Kier molecular flexibility index (Phi) is 3.82. The van der Waals surface area contributed by atoms with Gasteiger partial charge in [0.25, 0.3) is 0 Å². The number of aromatic nitrogens is 3. The molecule has 0 aliphatic rings. The Labute approximate surface area is 105 Å². The Bertz CT molecular complexity index is 553. The van der Waals surface area contributed by atoms with Crippen LogP contribution in [0.5, 0.6) is 5.75 Å². The monoisotopic (exact) mass is 247 g/mol. The first-order valence-corrected chi connectivity index (χ1v) is 5.84. The van der Waals surface area contributed by atoms with Crippen LogP contribution in [0.1, 0.15) is 13.3 Å². The van der Waals surface area contributed by atoms with Gasteiger partial charge in [0.05, 0.1) is 18.5 Å². The molecule has 0 saturated heterocycles. The highest BCUT2D eigenvalue weighted by Crippen LogP contribution is 2.20. The van der Waals surface area contributed by atoms with Gasteiger partial charge in [0, 0.05) is 18.0 Å². The van der Waals surface area contributed by atoms with Gasteiger partial charge in [-0.1, -0.05) is 6.92 Å². The molecular formula is C12H13N3OS. The minimum Gasteiger partial charge on any atom is -0.492 e. The summed E-state index contributed by atoms with van der Waals surface area (Å²) in [6, 6.07) is 3.79. The van der Waals surface area contributed by atoms with Crippen LogP contribution in [0.3, 0.4) is 0 Å². The van der Waals surface area contributed by atoms with Gasteiger partial charge in [-0.25, -0.2) is 4.98 Å². The summed E-state index contributed by atoms with van der Waals surface area (Å²) in [7, 11) is 0. The third kappa shape index (κ3) is 3.10. The van der Waals surface area contributed by atoms with E-state index >= 15 is 0 Å². The number of rotatable bonds is 4. The van der Waals surface area contributed by atoms with Crippen molar-refractivity contribution in [3.05, 3.63) is 35.5 Å². The normalized spacial score (nSPS) is 10.2. The summed E-state index contributed by atoms with van der Waals surface area (Å²) in [5.74, 6) is 0.764. The lowest BCUT2D eigenvalue weighted by Gasteiger charge is -2.06. The molecule has 1 N–H and O–H groups in total. The maximum atomic E-state index is 5.53. The molecule has 2 heterocycles. The van der Waals surface area contributed by atoms with Crippen molar-refractivity contribution >= 4 is 12.2 Å². The number of nitrogens with one attached hydrogen (secondary N) is 1. The van der Waals surface area contributed by atoms with Crippen molar-refractivity contribution in [1.29, 1.82) is 0 Å². The summed E-state index contributed by atoms with van der Waals surface area (Å²) < 4.78 is 5.99. The molecule has 0 amide bonds. The van der Waals surface area contributed by atoms with Gasteiger partial charge in [-0.05, 0) is 30.8 Å². The van der Waals surface area contributed by atoms with Crippen molar-refractivity contribution in [3.63, 3.8) is 0 Å². The summed E-state index contributed by atoms with van der Waals surface area (Å²) in [6.07, 6.45) is 6.12. The Morgan fingerprint density at radius 2 is 2.29 bits per heavy atom. The van der Waals surface area contributed by atoms with E-state index in [2.05, 4.69) is 21.9 Å². The molecule has 0 aliphatic heterocycles. The largest absolute Gasteiger partial charge is 0.492 e. The van der Waals surface area contributed by atoms with E-state index in [0.717, 1.165) is 23.4 Å². The first-order chi connectivity index (χ1) is 8.29. The molecule has 0 atom stereocenters. The predicted octanol–water partition coefficient (Wildman–Crippen LogP) is 2.99. The van der Waals surface area contributed by atoms with Crippen LogP contribution < -0.4 is 4.74 Å². The lowest BCUT2D eigenvalue weighted by atomic mass is 10.2. The zero-order valence-electron chi connectivity index (χ0n) is 9.51. The molecule has 17 heavy (non-hydrogen) atoms. The van der Waals surface area contributed by atoms with E-state index in [1.807, 2.05) is 12.1 Å². The highest BCUT2D eigenvalue weighted by Gasteiger charge is 2.01. The van der Waals surface area contributed by atoms with Crippen molar-refractivity contribution in [2.45, 2.75) is 13.3 Å². The van der Waals surface area contributed by atoms with Gasteiger partial charge in [-0.2, -0.15) is 0 Å². The summed E-state index contributed by atoms with van der Waals surface area (Å²) in [4.78, 5) is 11.1. The zero-order valence-corrected chi connectivity index (χ0v) is 10.3. The van der Waals surface area contributed by atoms with E-state index < -0.39 is 0 Å². The van der Waals surface area contributed by atoms with Gasteiger partial charge in [-0.15, -0.1) is 0 Å². The van der Waals surface area contributed by atoms with E-state index in [9.17, 15) is 0 Å². The molecule has 0 saturated carbocycles. The van der Waals surface area contributed by atoms with E-state index in [-0.39, 0.29) is 0 Å². The molecule has 0 fully saturated rings. The third-order valence-electron chi connectivity index (χ3n) is 2.17. The van der Waals surface area contributed by atoms with Gasteiger partial charge in [0.2, 0.25) is 0 Å². The predicted molar refractivity (Wildman–Crippen MR) is 68.4 cm³/mol. The quantitative estimate of drug-likeness (QED) is 0.844. The van der Waals surface area contributed by atoms with Crippen LogP contribution in [0.2, 0.25) is 0 Å². The Hall–Kier alpha value is -1.75. The van der Waals surface area contributed by atoms with Gasteiger partial charge >= 0.3 is 0 Å². The highest BCUT2D eigenvalue weighted by atomic mass is 32.1. The van der Waals surface area contributed by atoms with Crippen LogP contribution >= 0.6 is 12.2 Å². The minimum absolute atomic E-state index is 0.461. The zero-order chi connectivity index (χ0) is 12.1. The molecule has 0 spiro atoms. The molecule has 2 rings (SSSR count). The molecule has 4 nitrogen and oxygen atoms in total. The standard InChI is InChI=1S/C12H13N3OS/c1-2-5-16-10-6-9(7-13-8-10)11-3-4-14-12(17)15-11/h3-4,6-8H,2,5H2,1H3,(H,14,15,17). The molecule has 2 aromatic heterocycles. The van der Waals surface area contributed by atoms with Crippen LogP contribution in [-0.2, 0) is 0 Å². The fourth-order valence-corrected chi connectivity index (χ4v) is 1.57. The van der Waals surface area contributed by atoms with Crippen molar-refractivity contribution in [2.75, 3.05) is 6.61 Å². The van der Waals surface area contributed by atoms with E-state index in [0.29, 0.717) is 11.4 Å². The van der Waals surface area contributed by atoms with Crippen molar-refractivity contribution in [1.82, 2.24) is 15.0 Å². The number of pyridine rings is 1. The average Bonchev–Trinajstić information content (AvgIpc) is 2.37. The molecule has 2 aromatic rings. The first kappa shape index (κ1) is 11.7.